The lowest BCUT2D eigenvalue weighted by atomic mass is 10.1. The summed E-state index contributed by atoms with van der Waals surface area (Å²) in [6, 6.07) is 10.6. The van der Waals surface area contributed by atoms with Crippen LogP contribution in [0.15, 0.2) is 54.6 Å². The van der Waals surface area contributed by atoms with Crippen molar-refractivity contribution in [3.05, 3.63) is 65.9 Å². The Balaban J connectivity index is 2.08. The van der Waals surface area contributed by atoms with E-state index in [2.05, 4.69) is 9.97 Å². The molecule has 4 nitrogen and oxygen atoms in total. The summed E-state index contributed by atoms with van der Waals surface area (Å²) in [5.74, 6) is -0.682. The summed E-state index contributed by atoms with van der Waals surface area (Å²) in [7, 11) is 0. The van der Waals surface area contributed by atoms with E-state index in [1.807, 2.05) is 0 Å². The second kappa shape index (κ2) is 5.72. The third-order valence-corrected chi connectivity index (χ3v) is 2.33. The van der Waals surface area contributed by atoms with Crippen molar-refractivity contribution < 1.29 is 9.90 Å². The van der Waals surface area contributed by atoms with E-state index < -0.39 is 0 Å². The molecule has 0 aromatic carbocycles. The topological polar surface area (TPSA) is 63.1 Å². The van der Waals surface area contributed by atoms with Crippen molar-refractivity contribution in [2.24, 2.45) is 0 Å². The Morgan fingerprint density at radius 1 is 1.11 bits per heavy atom. The third kappa shape index (κ3) is 3.25. The van der Waals surface area contributed by atoms with E-state index in [9.17, 15) is 9.90 Å². The number of Topliss-reactive ketones (excluding diaryl/α,β-unsaturated/α-hetero) is 1. The minimum Gasteiger partial charge on any atom is -0.504 e. The zero-order valence-electron chi connectivity index (χ0n) is 9.65. The number of pyridine rings is 2. The summed E-state index contributed by atoms with van der Waals surface area (Å²) in [5, 5.41) is 9.68. The summed E-state index contributed by atoms with van der Waals surface area (Å²) in [6.07, 6.45) is 4.64. The average Bonchev–Trinajstić information content (AvgIpc) is 2.41. The standard InChI is InChI=1S/C14H12N2O2/c17-13(9-11-5-1-3-7-15-11)14(18)10-12-6-2-4-8-16-12/h1-9,17H,10H2/b13-9-. The van der Waals surface area contributed by atoms with Crippen molar-refractivity contribution in [1.82, 2.24) is 9.97 Å². The van der Waals surface area contributed by atoms with E-state index in [0.29, 0.717) is 11.4 Å². The van der Waals surface area contributed by atoms with Gasteiger partial charge in [-0.05, 0) is 24.3 Å². The molecule has 0 radical (unpaired) electrons. The second-order valence-corrected chi connectivity index (χ2v) is 3.71. The Morgan fingerprint density at radius 3 is 2.44 bits per heavy atom. The van der Waals surface area contributed by atoms with E-state index in [1.54, 1.807) is 48.8 Å². The van der Waals surface area contributed by atoms with Crippen LogP contribution in [-0.4, -0.2) is 20.9 Å². The first kappa shape index (κ1) is 12.0. The largest absolute Gasteiger partial charge is 0.504 e. The molecule has 2 aromatic heterocycles. The van der Waals surface area contributed by atoms with Gasteiger partial charge in [0.25, 0.3) is 0 Å². The molecule has 0 atom stereocenters. The zero-order valence-corrected chi connectivity index (χ0v) is 9.65. The molecule has 0 fully saturated rings. The van der Waals surface area contributed by atoms with E-state index in [-0.39, 0.29) is 18.0 Å². The lowest BCUT2D eigenvalue weighted by Crippen LogP contribution is -2.07. The Bertz CT molecular complexity index is 551. The molecular weight excluding hydrogens is 228 g/mol. The molecule has 0 saturated heterocycles. The van der Waals surface area contributed by atoms with Crippen LogP contribution in [0.4, 0.5) is 0 Å². The van der Waals surface area contributed by atoms with Crippen molar-refractivity contribution in [1.29, 1.82) is 0 Å². The van der Waals surface area contributed by atoms with Gasteiger partial charge < -0.3 is 5.11 Å². The third-order valence-electron chi connectivity index (χ3n) is 2.33. The number of ketones is 1. The number of aliphatic hydroxyl groups excluding tert-OH is 1. The molecule has 0 amide bonds. The highest BCUT2D eigenvalue weighted by molar-refractivity contribution is 5.97. The number of allylic oxidation sites excluding steroid dienone is 1. The molecule has 0 unspecified atom stereocenters. The number of nitrogens with zero attached hydrogens (tertiary/aromatic N) is 2. The van der Waals surface area contributed by atoms with E-state index >= 15 is 0 Å². The van der Waals surface area contributed by atoms with Gasteiger partial charge in [0.2, 0.25) is 5.78 Å². The first-order valence-corrected chi connectivity index (χ1v) is 5.50. The molecule has 0 aliphatic heterocycles. The van der Waals surface area contributed by atoms with Crippen LogP contribution in [-0.2, 0) is 11.2 Å². The summed E-state index contributed by atoms with van der Waals surface area (Å²) >= 11 is 0. The second-order valence-electron chi connectivity index (χ2n) is 3.71. The maximum absolute atomic E-state index is 11.7. The zero-order chi connectivity index (χ0) is 12.8. The van der Waals surface area contributed by atoms with Crippen LogP contribution in [0.3, 0.4) is 0 Å². The van der Waals surface area contributed by atoms with Gasteiger partial charge in [-0.3, -0.25) is 14.8 Å². The van der Waals surface area contributed by atoms with Gasteiger partial charge in [0.1, 0.15) is 0 Å². The van der Waals surface area contributed by atoms with Gasteiger partial charge in [-0.2, -0.15) is 0 Å². The van der Waals surface area contributed by atoms with Crippen molar-refractivity contribution in [2.75, 3.05) is 0 Å². The minimum atomic E-state index is -0.376. The van der Waals surface area contributed by atoms with E-state index in [0.717, 1.165) is 0 Å². The number of hydrogen-bond donors (Lipinski definition) is 1. The molecule has 0 aliphatic carbocycles. The molecule has 0 aliphatic rings. The number of carbonyl (C=O) groups is 1. The van der Waals surface area contributed by atoms with Crippen LogP contribution >= 0.6 is 0 Å². The molecule has 0 bridgehead atoms. The highest BCUT2D eigenvalue weighted by Crippen LogP contribution is 2.05. The van der Waals surface area contributed by atoms with Crippen LogP contribution < -0.4 is 0 Å². The molecule has 2 aromatic rings. The van der Waals surface area contributed by atoms with Gasteiger partial charge in [0, 0.05) is 24.2 Å². The molecule has 0 spiro atoms. The first-order valence-electron chi connectivity index (χ1n) is 5.50. The molecule has 2 rings (SSSR count). The van der Waals surface area contributed by atoms with E-state index in [1.165, 1.54) is 6.08 Å². The molecule has 90 valence electrons. The summed E-state index contributed by atoms with van der Waals surface area (Å²) < 4.78 is 0. The summed E-state index contributed by atoms with van der Waals surface area (Å²) in [4.78, 5) is 19.8. The monoisotopic (exact) mass is 240 g/mol. The number of aliphatic hydroxyl groups is 1. The van der Waals surface area contributed by atoms with Gasteiger partial charge in [0.05, 0.1) is 12.1 Å². The Kier molecular flexibility index (Phi) is 3.81. The maximum Gasteiger partial charge on any atom is 0.203 e. The molecule has 2 heterocycles. The van der Waals surface area contributed by atoms with Crippen LogP contribution in [0, 0.1) is 0 Å². The smallest absolute Gasteiger partial charge is 0.203 e. The number of rotatable bonds is 4. The number of carbonyl (C=O) groups excluding carboxylic acids is 1. The Hall–Kier alpha value is -2.49. The lowest BCUT2D eigenvalue weighted by Gasteiger charge is -1.99. The van der Waals surface area contributed by atoms with Crippen molar-refractivity contribution in [3.63, 3.8) is 0 Å². The van der Waals surface area contributed by atoms with Gasteiger partial charge in [-0.1, -0.05) is 12.1 Å². The van der Waals surface area contributed by atoms with Crippen molar-refractivity contribution in [3.8, 4) is 0 Å². The van der Waals surface area contributed by atoms with E-state index in [4.69, 9.17) is 0 Å². The fraction of sp³-hybridized carbons (Fsp3) is 0.0714. The summed E-state index contributed by atoms with van der Waals surface area (Å²) in [6.45, 7) is 0. The fourth-order valence-electron chi connectivity index (χ4n) is 1.44. The predicted octanol–water partition coefficient (Wildman–Crippen LogP) is 2.19. The average molecular weight is 240 g/mol. The van der Waals surface area contributed by atoms with Crippen LogP contribution in [0.25, 0.3) is 6.08 Å². The fourth-order valence-corrected chi connectivity index (χ4v) is 1.44. The minimum absolute atomic E-state index is 0.0794. The Labute approximate surface area is 105 Å². The van der Waals surface area contributed by atoms with Crippen molar-refractivity contribution in [2.45, 2.75) is 6.42 Å². The molecule has 18 heavy (non-hydrogen) atoms. The predicted molar refractivity (Wildman–Crippen MR) is 67.8 cm³/mol. The maximum atomic E-state index is 11.7. The SMILES string of the molecule is O=C(Cc1ccccn1)/C(O)=C/c1ccccn1. The molecular formula is C14H12N2O2. The first-order chi connectivity index (χ1) is 8.75. The van der Waals surface area contributed by atoms with Gasteiger partial charge >= 0.3 is 0 Å². The quantitative estimate of drug-likeness (QED) is 0.657. The van der Waals surface area contributed by atoms with Gasteiger partial charge in [-0.15, -0.1) is 0 Å². The van der Waals surface area contributed by atoms with Gasteiger partial charge in [0.15, 0.2) is 5.76 Å². The van der Waals surface area contributed by atoms with Crippen LogP contribution in [0.2, 0.25) is 0 Å². The number of hydrogen-bond acceptors (Lipinski definition) is 4. The van der Waals surface area contributed by atoms with Gasteiger partial charge in [-0.25, -0.2) is 0 Å². The van der Waals surface area contributed by atoms with Crippen molar-refractivity contribution >= 4 is 11.9 Å². The van der Waals surface area contributed by atoms with Crippen LogP contribution in [0.5, 0.6) is 0 Å². The number of aromatic nitrogens is 2. The lowest BCUT2D eigenvalue weighted by molar-refractivity contribution is -0.117. The summed E-state index contributed by atoms with van der Waals surface area (Å²) in [5.41, 5.74) is 1.17. The van der Waals surface area contributed by atoms with Crippen LogP contribution in [0.1, 0.15) is 11.4 Å². The Morgan fingerprint density at radius 2 is 1.83 bits per heavy atom. The molecule has 0 saturated carbocycles. The highest BCUT2D eigenvalue weighted by Gasteiger charge is 2.09. The normalized spacial score (nSPS) is 11.2. The molecule has 4 heteroatoms. The molecule has 1 N–H and O–H groups in total. The highest BCUT2D eigenvalue weighted by atomic mass is 16.3.